The van der Waals surface area contributed by atoms with E-state index >= 15 is 0 Å². The van der Waals surface area contributed by atoms with Gasteiger partial charge in [0.2, 0.25) is 0 Å². The molecule has 0 radical (unpaired) electrons. The molecule has 0 fully saturated rings. The first-order valence-electron chi connectivity index (χ1n) is 6.51. The summed E-state index contributed by atoms with van der Waals surface area (Å²) in [5.41, 5.74) is -0.468. The fourth-order valence-corrected chi connectivity index (χ4v) is 1.64. The Balaban J connectivity index is 4.58. The number of carbonyl (C=O) groups excluding carboxylic acids is 1. The highest BCUT2D eigenvalue weighted by Crippen LogP contribution is 2.13. The summed E-state index contributed by atoms with van der Waals surface area (Å²) in [5, 5.41) is 8.66. The van der Waals surface area contributed by atoms with Crippen LogP contribution in [0.15, 0.2) is 0 Å². The summed E-state index contributed by atoms with van der Waals surface area (Å²) < 4.78 is 5.38. The molecule has 0 aromatic carbocycles. The number of esters is 1. The lowest BCUT2D eigenvalue weighted by Crippen LogP contribution is -2.44. The summed E-state index contributed by atoms with van der Waals surface area (Å²) in [6.07, 6.45) is 0.430. The highest BCUT2D eigenvalue weighted by Gasteiger charge is 2.26. The number of rotatable bonds is 6. The average molecular weight is 254 g/mol. The highest BCUT2D eigenvalue weighted by molar-refractivity contribution is 5.75. The van der Waals surface area contributed by atoms with Crippen molar-refractivity contribution in [2.75, 3.05) is 13.1 Å². The zero-order valence-corrected chi connectivity index (χ0v) is 12.5. The molecule has 104 valence electrons. The van der Waals surface area contributed by atoms with Crippen molar-refractivity contribution in [3.8, 4) is 6.07 Å². The number of nitrogens with zero attached hydrogens (tertiary/aromatic N) is 2. The summed E-state index contributed by atoms with van der Waals surface area (Å²) in [5.74, 6) is 0.231. The fraction of sp³-hybridized carbons (Fsp3) is 0.857. The molecule has 18 heavy (non-hydrogen) atoms. The van der Waals surface area contributed by atoms with Crippen LogP contribution in [0.1, 0.15) is 48.0 Å². The second-order valence-electron chi connectivity index (χ2n) is 6.01. The first-order chi connectivity index (χ1) is 8.17. The number of ether oxygens (including phenoxy) is 1. The Bertz CT molecular complexity index is 300. The zero-order chi connectivity index (χ0) is 14.3. The van der Waals surface area contributed by atoms with Crippen LogP contribution in [0.4, 0.5) is 0 Å². The Kier molecular flexibility index (Phi) is 6.93. The van der Waals surface area contributed by atoms with Crippen LogP contribution in [0.3, 0.4) is 0 Å². The van der Waals surface area contributed by atoms with Gasteiger partial charge in [-0.2, -0.15) is 5.26 Å². The van der Waals surface area contributed by atoms with Gasteiger partial charge >= 0.3 is 5.97 Å². The normalized spacial score (nSPS) is 13.5. The van der Waals surface area contributed by atoms with Crippen molar-refractivity contribution in [2.45, 2.75) is 59.6 Å². The third-order valence-electron chi connectivity index (χ3n) is 2.41. The van der Waals surface area contributed by atoms with Gasteiger partial charge in [0.05, 0.1) is 6.07 Å². The molecule has 0 aromatic heterocycles. The fourth-order valence-electron chi connectivity index (χ4n) is 1.64. The summed E-state index contributed by atoms with van der Waals surface area (Å²) in [7, 11) is 0. The lowest BCUT2D eigenvalue weighted by Gasteiger charge is -2.30. The summed E-state index contributed by atoms with van der Waals surface area (Å²) >= 11 is 0. The highest BCUT2D eigenvalue weighted by atomic mass is 16.6. The molecular weight excluding hydrogens is 228 g/mol. The van der Waals surface area contributed by atoms with Gasteiger partial charge in [0, 0.05) is 19.5 Å². The molecule has 0 amide bonds. The Hall–Kier alpha value is -1.08. The minimum absolute atomic E-state index is 0.221. The molecule has 0 spiro atoms. The van der Waals surface area contributed by atoms with Crippen molar-refractivity contribution in [3.63, 3.8) is 0 Å². The molecule has 0 aliphatic carbocycles. The van der Waals surface area contributed by atoms with Gasteiger partial charge in [-0.05, 0) is 33.6 Å². The first kappa shape index (κ1) is 16.9. The summed E-state index contributed by atoms with van der Waals surface area (Å²) in [6.45, 7) is 13.0. The molecule has 0 aliphatic heterocycles. The molecule has 4 nitrogen and oxygen atoms in total. The maximum Gasteiger partial charge on any atom is 0.323 e. The molecule has 0 aliphatic rings. The predicted octanol–water partition coefficient (Wildman–Crippen LogP) is 2.59. The van der Waals surface area contributed by atoms with E-state index in [4.69, 9.17) is 10.00 Å². The van der Waals surface area contributed by atoms with Crippen LogP contribution < -0.4 is 0 Å². The van der Waals surface area contributed by atoms with Crippen LogP contribution in [0.5, 0.6) is 0 Å². The predicted molar refractivity (Wildman–Crippen MR) is 71.9 cm³/mol. The van der Waals surface area contributed by atoms with Crippen molar-refractivity contribution in [2.24, 2.45) is 5.92 Å². The lowest BCUT2D eigenvalue weighted by atomic mass is 10.1. The number of hydrogen-bond acceptors (Lipinski definition) is 4. The van der Waals surface area contributed by atoms with E-state index in [1.54, 1.807) is 0 Å². The third-order valence-corrected chi connectivity index (χ3v) is 2.41. The van der Waals surface area contributed by atoms with Gasteiger partial charge in [-0.25, -0.2) is 0 Å². The lowest BCUT2D eigenvalue weighted by molar-refractivity contribution is -0.161. The molecule has 0 rings (SSSR count). The van der Waals surface area contributed by atoms with E-state index in [0.29, 0.717) is 18.9 Å². The van der Waals surface area contributed by atoms with Crippen molar-refractivity contribution in [1.29, 1.82) is 5.26 Å². The van der Waals surface area contributed by atoms with Gasteiger partial charge in [0.1, 0.15) is 11.6 Å². The first-order valence-corrected chi connectivity index (χ1v) is 6.51. The molecular formula is C14H26N2O2. The van der Waals surface area contributed by atoms with E-state index in [2.05, 4.69) is 19.9 Å². The van der Waals surface area contributed by atoms with Crippen molar-refractivity contribution >= 4 is 5.97 Å². The Morgan fingerprint density at radius 1 is 1.33 bits per heavy atom. The van der Waals surface area contributed by atoms with Gasteiger partial charge in [0.25, 0.3) is 0 Å². The van der Waals surface area contributed by atoms with E-state index < -0.39 is 5.60 Å². The Labute approximate surface area is 111 Å². The third kappa shape index (κ3) is 7.29. The van der Waals surface area contributed by atoms with E-state index in [0.717, 1.165) is 6.54 Å². The maximum absolute atomic E-state index is 12.0. The minimum Gasteiger partial charge on any atom is -0.459 e. The van der Waals surface area contributed by atoms with Crippen LogP contribution >= 0.6 is 0 Å². The van der Waals surface area contributed by atoms with E-state index in [9.17, 15) is 4.79 Å². The van der Waals surface area contributed by atoms with Crippen LogP contribution in [0.2, 0.25) is 0 Å². The SMILES string of the molecule is CC(C)CN(CCC#N)C(C)C(=O)OC(C)(C)C. The Morgan fingerprint density at radius 2 is 1.89 bits per heavy atom. The van der Waals surface area contributed by atoms with Crippen molar-refractivity contribution in [3.05, 3.63) is 0 Å². The van der Waals surface area contributed by atoms with Crippen LogP contribution in [0, 0.1) is 17.2 Å². The van der Waals surface area contributed by atoms with E-state index in [1.165, 1.54) is 0 Å². The van der Waals surface area contributed by atoms with Crippen molar-refractivity contribution in [1.82, 2.24) is 4.90 Å². The molecule has 1 atom stereocenters. The van der Waals surface area contributed by atoms with Gasteiger partial charge in [-0.15, -0.1) is 0 Å². The molecule has 0 heterocycles. The van der Waals surface area contributed by atoms with Gasteiger partial charge in [-0.3, -0.25) is 9.69 Å². The smallest absolute Gasteiger partial charge is 0.323 e. The molecule has 0 saturated heterocycles. The van der Waals surface area contributed by atoms with Crippen molar-refractivity contribution < 1.29 is 9.53 Å². The molecule has 0 bridgehead atoms. The minimum atomic E-state index is -0.468. The molecule has 1 unspecified atom stereocenters. The Morgan fingerprint density at radius 3 is 2.28 bits per heavy atom. The monoisotopic (exact) mass is 254 g/mol. The zero-order valence-electron chi connectivity index (χ0n) is 12.5. The summed E-state index contributed by atoms with van der Waals surface area (Å²) in [4.78, 5) is 14.0. The molecule has 0 saturated carbocycles. The number of carbonyl (C=O) groups is 1. The average Bonchev–Trinajstić information content (AvgIpc) is 2.20. The van der Waals surface area contributed by atoms with Crippen LogP contribution in [0.25, 0.3) is 0 Å². The molecule has 0 N–H and O–H groups in total. The quantitative estimate of drug-likeness (QED) is 0.684. The van der Waals surface area contributed by atoms with Gasteiger partial charge < -0.3 is 4.74 Å². The summed E-state index contributed by atoms with van der Waals surface area (Å²) in [6, 6.07) is 1.81. The van der Waals surface area contributed by atoms with E-state index in [1.807, 2.05) is 32.6 Å². The van der Waals surface area contributed by atoms with Gasteiger partial charge in [-0.1, -0.05) is 13.8 Å². The topological polar surface area (TPSA) is 53.3 Å². The molecule has 0 aromatic rings. The standard InChI is InChI=1S/C14H26N2O2/c1-11(2)10-16(9-7-8-15)12(3)13(17)18-14(4,5)6/h11-12H,7,9-10H2,1-6H3. The maximum atomic E-state index is 12.0. The number of hydrogen-bond donors (Lipinski definition) is 0. The second-order valence-corrected chi connectivity index (χ2v) is 6.01. The van der Waals surface area contributed by atoms with Gasteiger partial charge in [0.15, 0.2) is 0 Å². The number of nitriles is 1. The van der Waals surface area contributed by atoms with E-state index in [-0.39, 0.29) is 12.0 Å². The largest absolute Gasteiger partial charge is 0.459 e. The van der Waals surface area contributed by atoms with Crippen LogP contribution in [-0.4, -0.2) is 35.6 Å². The molecule has 4 heteroatoms. The van der Waals surface area contributed by atoms with Crippen LogP contribution in [-0.2, 0) is 9.53 Å². The second kappa shape index (κ2) is 7.38.